The molecule has 0 fully saturated rings. The Morgan fingerprint density at radius 2 is 1.82 bits per heavy atom. The highest BCUT2D eigenvalue weighted by Crippen LogP contribution is 2.47. The Labute approximate surface area is 233 Å². The highest BCUT2D eigenvalue weighted by molar-refractivity contribution is 6.31. The van der Waals surface area contributed by atoms with Crippen LogP contribution in [0.15, 0.2) is 60.6 Å². The van der Waals surface area contributed by atoms with E-state index in [1.165, 1.54) is 18.2 Å². The summed E-state index contributed by atoms with van der Waals surface area (Å²) < 4.78 is 68.7. The number of nitrogens with two attached hydrogens (primary N) is 1. The van der Waals surface area contributed by atoms with Crippen molar-refractivity contribution in [2.24, 2.45) is 4.99 Å². The van der Waals surface area contributed by atoms with Crippen LogP contribution in [-0.4, -0.2) is 38.3 Å². The highest BCUT2D eigenvalue weighted by atomic mass is 35.5. The van der Waals surface area contributed by atoms with Crippen LogP contribution in [0.5, 0.6) is 0 Å². The number of hydrogen-bond donors (Lipinski definition) is 3. The van der Waals surface area contributed by atoms with E-state index in [0.717, 1.165) is 12.1 Å². The molecule has 11 heteroatoms. The Morgan fingerprint density at radius 1 is 1.12 bits per heavy atom. The predicted octanol–water partition coefficient (Wildman–Crippen LogP) is 6.95. The van der Waals surface area contributed by atoms with E-state index in [1.54, 1.807) is 13.1 Å². The molecule has 4 rings (SSSR count). The quantitative estimate of drug-likeness (QED) is 0.162. The van der Waals surface area contributed by atoms with Gasteiger partial charge in [0.2, 0.25) is 0 Å². The number of halogens is 6. The molecule has 40 heavy (non-hydrogen) atoms. The first-order chi connectivity index (χ1) is 18.7. The third kappa shape index (κ3) is 5.68. The topological polar surface area (TPSA) is 65.7 Å². The molecular formula is C29H27ClF5N5. The number of benzene rings is 3. The van der Waals surface area contributed by atoms with Crippen LogP contribution in [0.3, 0.4) is 0 Å². The summed E-state index contributed by atoms with van der Waals surface area (Å²) >= 11 is 6.44. The molecule has 3 aromatic rings. The molecule has 1 atom stereocenters. The van der Waals surface area contributed by atoms with Crippen molar-refractivity contribution in [1.82, 2.24) is 10.2 Å². The Bertz CT molecular complexity index is 1540. The normalized spacial score (nSPS) is 15.3. The molecule has 0 radical (unpaired) electrons. The fraction of sp³-hybridized carbons (Fsp3) is 0.207. The lowest BCUT2D eigenvalue weighted by atomic mass is 9.91. The molecule has 4 N–H and O–H groups in total. The van der Waals surface area contributed by atoms with Gasteiger partial charge in [0.1, 0.15) is 11.6 Å². The third-order valence-electron chi connectivity index (χ3n) is 6.49. The largest absolute Gasteiger partial charge is 0.416 e. The zero-order chi connectivity index (χ0) is 29.5. The molecule has 0 bridgehead atoms. The molecule has 210 valence electrons. The zero-order valence-electron chi connectivity index (χ0n) is 22.0. The molecule has 0 aliphatic carbocycles. The number of aliphatic imine (C=N–C) groups is 1. The minimum absolute atomic E-state index is 0.00730. The number of fused-ring (bicyclic) bond motifs is 1. The minimum Gasteiger partial charge on any atom is -0.398 e. The molecule has 3 aromatic carbocycles. The summed E-state index contributed by atoms with van der Waals surface area (Å²) in [5.41, 5.74) is 9.14. The van der Waals surface area contributed by atoms with Crippen molar-refractivity contribution in [3.63, 3.8) is 0 Å². The highest BCUT2D eigenvalue weighted by Gasteiger charge is 2.35. The van der Waals surface area contributed by atoms with Gasteiger partial charge in [-0.1, -0.05) is 24.8 Å². The van der Waals surface area contributed by atoms with Crippen LogP contribution < -0.4 is 16.4 Å². The van der Waals surface area contributed by atoms with Gasteiger partial charge in [-0.25, -0.2) is 8.78 Å². The fourth-order valence-corrected chi connectivity index (χ4v) is 4.93. The third-order valence-corrected chi connectivity index (χ3v) is 6.84. The number of anilines is 2. The number of nitrogens with zero attached hydrogens (tertiary/aromatic N) is 2. The molecule has 0 saturated carbocycles. The van der Waals surface area contributed by atoms with Crippen molar-refractivity contribution in [2.75, 3.05) is 38.7 Å². The van der Waals surface area contributed by atoms with Crippen molar-refractivity contribution in [1.29, 1.82) is 0 Å². The van der Waals surface area contributed by atoms with Crippen LogP contribution in [0.25, 0.3) is 11.4 Å². The number of nitrogen functional groups attached to an aromatic ring is 1. The molecule has 0 saturated heterocycles. The number of nitrogens with one attached hydrogen (secondary N) is 2. The van der Waals surface area contributed by atoms with Crippen LogP contribution >= 0.6 is 11.6 Å². The van der Waals surface area contributed by atoms with Gasteiger partial charge in [0.15, 0.2) is 0 Å². The van der Waals surface area contributed by atoms with Crippen LogP contribution in [0.1, 0.15) is 39.4 Å². The number of rotatable bonds is 7. The van der Waals surface area contributed by atoms with E-state index in [1.807, 2.05) is 19.0 Å². The first-order valence-corrected chi connectivity index (χ1v) is 12.4. The average molecular weight is 576 g/mol. The van der Waals surface area contributed by atoms with Crippen molar-refractivity contribution in [2.45, 2.75) is 12.2 Å². The van der Waals surface area contributed by atoms with Gasteiger partial charge >= 0.3 is 6.18 Å². The fourth-order valence-electron chi connectivity index (χ4n) is 4.71. The van der Waals surface area contributed by atoms with Gasteiger partial charge in [0.25, 0.3) is 0 Å². The molecule has 1 aliphatic heterocycles. The van der Waals surface area contributed by atoms with Crippen LogP contribution in [0, 0.1) is 11.6 Å². The lowest BCUT2D eigenvalue weighted by molar-refractivity contribution is -0.137. The van der Waals surface area contributed by atoms with Gasteiger partial charge in [-0.05, 0) is 56.6 Å². The molecule has 1 unspecified atom stereocenters. The van der Waals surface area contributed by atoms with Crippen LogP contribution in [0.4, 0.5) is 33.3 Å². The van der Waals surface area contributed by atoms with Crippen LogP contribution in [0.2, 0.25) is 5.02 Å². The molecule has 5 nitrogen and oxygen atoms in total. The zero-order valence-corrected chi connectivity index (χ0v) is 22.7. The Morgan fingerprint density at radius 3 is 2.45 bits per heavy atom. The number of alkyl halides is 3. The van der Waals surface area contributed by atoms with Gasteiger partial charge < -0.3 is 21.3 Å². The second kappa shape index (κ2) is 10.9. The summed E-state index contributed by atoms with van der Waals surface area (Å²) in [5.74, 6) is -1.59. The predicted molar refractivity (Wildman–Crippen MR) is 151 cm³/mol. The van der Waals surface area contributed by atoms with Gasteiger partial charge in [0.05, 0.1) is 23.0 Å². The van der Waals surface area contributed by atoms with Crippen molar-refractivity contribution in [3.05, 3.63) is 106 Å². The Kier molecular flexibility index (Phi) is 7.96. The summed E-state index contributed by atoms with van der Waals surface area (Å²) in [7, 11) is 5.34. The SMILES string of the molecule is C=C(Nc1cc(C(CN(C)C)=NC)c(N)c2c1C(c1cc(F)ccc1Cl)NC2=C)c1cc(F)cc(C(F)(F)F)c1. The summed E-state index contributed by atoms with van der Waals surface area (Å²) in [6.07, 6.45) is -4.76. The lowest BCUT2D eigenvalue weighted by Gasteiger charge is -2.23. The molecule has 0 amide bonds. The first-order valence-electron chi connectivity index (χ1n) is 12.0. The summed E-state index contributed by atoms with van der Waals surface area (Å²) in [5, 5.41) is 6.53. The number of likely N-dealkylation sites (N-methyl/N-ethyl adjacent to an activating group) is 1. The molecule has 0 aromatic heterocycles. The van der Waals surface area contributed by atoms with Gasteiger partial charge in [-0.2, -0.15) is 13.2 Å². The maximum atomic E-state index is 14.3. The van der Waals surface area contributed by atoms with E-state index in [4.69, 9.17) is 17.3 Å². The van der Waals surface area contributed by atoms with E-state index in [2.05, 4.69) is 28.8 Å². The van der Waals surface area contributed by atoms with Gasteiger partial charge in [-0.15, -0.1) is 0 Å². The molecule has 0 spiro atoms. The lowest BCUT2D eigenvalue weighted by Crippen LogP contribution is -2.24. The smallest absolute Gasteiger partial charge is 0.398 e. The van der Waals surface area contributed by atoms with Gasteiger partial charge in [-0.3, -0.25) is 4.99 Å². The van der Waals surface area contributed by atoms with Gasteiger partial charge in [0, 0.05) is 63.5 Å². The van der Waals surface area contributed by atoms with Crippen molar-refractivity contribution < 1.29 is 22.0 Å². The Balaban J connectivity index is 1.93. The van der Waals surface area contributed by atoms with E-state index in [-0.39, 0.29) is 16.3 Å². The summed E-state index contributed by atoms with van der Waals surface area (Å²) in [6, 6.07) is 7.06. The minimum atomic E-state index is -4.76. The second-order valence-corrected chi connectivity index (χ2v) is 10.0. The maximum Gasteiger partial charge on any atom is 0.416 e. The number of hydrogen-bond acceptors (Lipinski definition) is 5. The van der Waals surface area contributed by atoms with Crippen molar-refractivity contribution in [3.8, 4) is 0 Å². The van der Waals surface area contributed by atoms with E-state index in [9.17, 15) is 22.0 Å². The van der Waals surface area contributed by atoms with E-state index >= 15 is 0 Å². The second-order valence-electron chi connectivity index (χ2n) is 9.63. The Hall–Kier alpha value is -3.89. The first kappa shape index (κ1) is 29.1. The molecule has 1 heterocycles. The summed E-state index contributed by atoms with van der Waals surface area (Å²) in [6.45, 7) is 8.41. The van der Waals surface area contributed by atoms with Crippen LogP contribution in [-0.2, 0) is 6.18 Å². The van der Waals surface area contributed by atoms with E-state index in [0.29, 0.717) is 57.6 Å². The maximum absolute atomic E-state index is 14.3. The molecule has 1 aliphatic rings. The molecular weight excluding hydrogens is 549 g/mol. The summed E-state index contributed by atoms with van der Waals surface area (Å²) in [4.78, 5) is 6.29. The average Bonchev–Trinajstić information content (AvgIpc) is 3.22. The monoisotopic (exact) mass is 575 g/mol. The van der Waals surface area contributed by atoms with Crippen molar-refractivity contribution >= 4 is 40.1 Å². The standard InChI is InChI=1S/C29H27ClF5N5/c1-14(16-8-17(29(33,34)35)10-19(32)9-16)38-23-12-21(24(37-3)13-40(4)5)27(36)25-15(2)39-28(26(23)25)20-11-18(31)6-7-22(20)30/h6-12,28,38-39H,1-2,13,36H2,3-5H3. The van der Waals surface area contributed by atoms with E-state index < -0.39 is 29.4 Å².